The first-order valence-electron chi connectivity index (χ1n) is 12.9. The molecule has 9 heteroatoms. The second-order valence-corrected chi connectivity index (χ2v) is 11.0. The molecule has 1 amide bonds. The van der Waals surface area contributed by atoms with Crippen LogP contribution in [-0.4, -0.2) is 52.4 Å². The third-order valence-corrected chi connectivity index (χ3v) is 8.26. The molecule has 37 heavy (non-hydrogen) atoms. The zero-order valence-electron chi connectivity index (χ0n) is 21.7. The first-order chi connectivity index (χ1) is 17.9. The van der Waals surface area contributed by atoms with Gasteiger partial charge in [-0.1, -0.05) is 62.4 Å². The van der Waals surface area contributed by atoms with Crippen LogP contribution in [0.1, 0.15) is 49.8 Å². The molecule has 194 valence electrons. The molecule has 7 nitrogen and oxygen atoms in total. The second kappa shape index (κ2) is 12.0. The molecule has 0 saturated carbocycles. The van der Waals surface area contributed by atoms with Crippen LogP contribution in [0.2, 0.25) is 0 Å². The molecule has 0 bridgehead atoms. The highest BCUT2D eigenvalue weighted by Gasteiger charge is 2.33. The fourth-order valence-corrected chi connectivity index (χ4v) is 6.16. The number of rotatable bonds is 8. The van der Waals surface area contributed by atoms with Crippen LogP contribution in [0.4, 0.5) is 11.5 Å². The summed E-state index contributed by atoms with van der Waals surface area (Å²) in [6, 6.07) is 12.4. The minimum Gasteiger partial charge on any atom is -0.368 e. The summed E-state index contributed by atoms with van der Waals surface area (Å²) in [5, 5.41) is 9.87. The maximum atomic E-state index is 13.4. The van der Waals surface area contributed by atoms with Gasteiger partial charge in [0.25, 0.3) is 11.5 Å². The number of nitrogens with zero attached hydrogens (tertiary/aromatic N) is 5. The highest BCUT2D eigenvalue weighted by Crippen LogP contribution is 2.36. The van der Waals surface area contributed by atoms with E-state index in [1.54, 1.807) is 9.47 Å². The first-order valence-corrected chi connectivity index (χ1v) is 14.1. The van der Waals surface area contributed by atoms with Crippen molar-refractivity contribution < 1.29 is 4.79 Å². The van der Waals surface area contributed by atoms with Gasteiger partial charge in [-0.15, -0.1) is 0 Å². The van der Waals surface area contributed by atoms with E-state index in [2.05, 4.69) is 34.9 Å². The highest BCUT2D eigenvalue weighted by atomic mass is 32.2. The van der Waals surface area contributed by atoms with Gasteiger partial charge < -0.3 is 9.80 Å². The summed E-state index contributed by atoms with van der Waals surface area (Å²) in [5.41, 5.74) is 2.41. The second-order valence-electron chi connectivity index (χ2n) is 9.30. The van der Waals surface area contributed by atoms with Gasteiger partial charge in [0.05, 0.1) is 4.91 Å². The lowest BCUT2D eigenvalue weighted by atomic mass is 10.0. The Hall–Kier alpha value is -3.09. The number of aromatic nitrogens is 1. The Balaban J connectivity index is 1.77. The molecule has 1 aromatic carbocycles. The van der Waals surface area contributed by atoms with E-state index in [9.17, 15) is 14.9 Å². The maximum Gasteiger partial charge on any atom is 0.270 e. The number of piperazine rings is 1. The van der Waals surface area contributed by atoms with Gasteiger partial charge in [-0.25, -0.2) is 0 Å². The Kier molecular flexibility index (Phi) is 8.72. The van der Waals surface area contributed by atoms with Crippen LogP contribution in [0, 0.1) is 18.3 Å². The van der Waals surface area contributed by atoms with Crippen LogP contribution >= 0.6 is 24.0 Å². The van der Waals surface area contributed by atoms with E-state index in [0.717, 1.165) is 56.8 Å². The third-order valence-electron chi connectivity index (χ3n) is 6.88. The normalized spacial score (nSPS) is 17.1. The maximum absolute atomic E-state index is 13.4. The monoisotopic (exact) mass is 535 g/mol. The third kappa shape index (κ3) is 5.46. The van der Waals surface area contributed by atoms with Gasteiger partial charge in [-0.2, -0.15) is 5.26 Å². The quantitative estimate of drug-likeness (QED) is 0.356. The molecule has 2 aliphatic rings. The Labute approximate surface area is 228 Å². The van der Waals surface area contributed by atoms with Gasteiger partial charge in [-0.05, 0) is 43.5 Å². The summed E-state index contributed by atoms with van der Waals surface area (Å²) in [6.07, 6.45) is 4.47. The zero-order valence-corrected chi connectivity index (χ0v) is 23.3. The molecule has 2 saturated heterocycles. The SMILES string of the molecule is CCCCN1C(=O)/C(=C/c2c(C)c(C#N)c(=O)n(CCC)c2N2CCN(c3ccccc3)CC2)SC1=S. The number of para-hydroxylation sites is 1. The largest absolute Gasteiger partial charge is 0.368 e. The summed E-state index contributed by atoms with van der Waals surface area (Å²) < 4.78 is 2.29. The number of nitriles is 1. The number of carbonyl (C=O) groups excluding carboxylic acids is 1. The van der Waals surface area contributed by atoms with Crippen molar-refractivity contribution in [2.75, 3.05) is 42.5 Å². The molecule has 0 aliphatic carbocycles. The average Bonchev–Trinajstić information content (AvgIpc) is 3.18. The van der Waals surface area contributed by atoms with Crippen LogP contribution < -0.4 is 15.4 Å². The molecule has 3 heterocycles. The number of unbranched alkanes of at least 4 members (excludes halogenated alkanes) is 1. The van der Waals surface area contributed by atoms with Crippen LogP contribution in [0.25, 0.3) is 6.08 Å². The van der Waals surface area contributed by atoms with E-state index >= 15 is 0 Å². The predicted octanol–water partition coefficient (Wildman–Crippen LogP) is 4.77. The van der Waals surface area contributed by atoms with Gasteiger partial charge in [0.15, 0.2) is 0 Å². The Bertz CT molecular complexity index is 1300. The average molecular weight is 536 g/mol. The number of amides is 1. The van der Waals surface area contributed by atoms with Crippen molar-refractivity contribution in [1.82, 2.24) is 9.47 Å². The molecule has 1 aromatic heterocycles. The van der Waals surface area contributed by atoms with E-state index < -0.39 is 0 Å². The Morgan fingerprint density at radius 3 is 2.32 bits per heavy atom. The van der Waals surface area contributed by atoms with E-state index in [1.165, 1.54) is 17.4 Å². The zero-order chi connectivity index (χ0) is 26.5. The summed E-state index contributed by atoms with van der Waals surface area (Å²) in [7, 11) is 0. The number of pyridine rings is 1. The van der Waals surface area contributed by atoms with Crippen LogP contribution in [0.3, 0.4) is 0 Å². The standard InChI is InChI=1S/C28H33N5O2S2/c1-4-6-13-33-27(35)24(37-28(33)36)18-22-20(3)23(19-29)26(34)32(12-5-2)25(22)31-16-14-30(15-17-31)21-10-8-7-9-11-21/h7-11,18H,4-6,12-17H2,1-3H3/b24-18-. The molecule has 0 atom stereocenters. The first kappa shape index (κ1) is 27.0. The molecule has 0 N–H and O–H groups in total. The van der Waals surface area contributed by atoms with Crippen molar-refractivity contribution in [2.45, 2.75) is 46.6 Å². The molecular weight excluding hydrogens is 502 g/mol. The lowest BCUT2D eigenvalue weighted by molar-refractivity contribution is -0.122. The van der Waals surface area contributed by atoms with Crippen molar-refractivity contribution in [3.63, 3.8) is 0 Å². The molecule has 0 unspecified atom stereocenters. The van der Waals surface area contributed by atoms with E-state index in [-0.39, 0.29) is 17.0 Å². The van der Waals surface area contributed by atoms with Crippen molar-refractivity contribution in [3.8, 4) is 6.07 Å². The van der Waals surface area contributed by atoms with Crippen molar-refractivity contribution >= 4 is 51.8 Å². The lowest BCUT2D eigenvalue weighted by Gasteiger charge is -2.39. The van der Waals surface area contributed by atoms with Crippen LogP contribution in [-0.2, 0) is 11.3 Å². The predicted molar refractivity (Wildman–Crippen MR) is 156 cm³/mol. The van der Waals surface area contributed by atoms with Gasteiger partial charge >= 0.3 is 0 Å². The number of benzene rings is 1. The van der Waals surface area contributed by atoms with Crippen molar-refractivity contribution in [1.29, 1.82) is 5.26 Å². The lowest BCUT2D eigenvalue weighted by Crippen LogP contribution is -2.48. The minimum atomic E-state index is -0.269. The fraction of sp³-hybridized carbons (Fsp3) is 0.429. The van der Waals surface area contributed by atoms with Crippen molar-refractivity contribution in [2.24, 2.45) is 0 Å². The number of thioether (sulfide) groups is 1. The summed E-state index contributed by atoms with van der Waals surface area (Å²) >= 11 is 6.81. The number of anilines is 2. The van der Waals surface area contributed by atoms with E-state index in [1.807, 2.05) is 38.1 Å². The molecule has 0 spiro atoms. The van der Waals surface area contributed by atoms with Gasteiger partial charge in [0, 0.05) is 50.5 Å². The van der Waals surface area contributed by atoms with E-state index in [4.69, 9.17) is 12.2 Å². The van der Waals surface area contributed by atoms with Gasteiger partial charge in [0.2, 0.25) is 0 Å². The van der Waals surface area contributed by atoms with Gasteiger partial charge in [-0.3, -0.25) is 19.1 Å². The smallest absolute Gasteiger partial charge is 0.270 e. The Morgan fingerprint density at radius 1 is 1.03 bits per heavy atom. The minimum absolute atomic E-state index is 0.102. The van der Waals surface area contributed by atoms with E-state index in [0.29, 0.717) is 27.9 Å². The molecule has 0 radical (unpaired) electrons. The highest BCUT2D eigenvalue weighted by molar-refractivity contribution is 8.26. The number of hydrogen-bond donors (Lipinski definition) is 0. The molecule has 2 aromatic rings. The summed E-state index contributed by atoms with van der Waals surface area (Å²) in [5.74, 6) is 0.685. The number of thiocarbonyl (C=S) groups is 1. The molecule has 4 rings (SSSR count). The number of carbonyl (C=O) groups is 1. The van der Waals surface area contributed by atoms with Gasteiger partial charge in [0.1, 0.15) is 21.8 Å². The van der Waals surface area contributed by atoms with Crippen molar-refractivity contribution in [3.05, 3.63) is 62.3 Å². The van der Waals surface area contributed by atoms with Crippen LogP contribution in [0.5, 0.6) is 0 Å². The molecular formula is C28H33N5O2S2. The summed E-state index contributed by atoms with van der Waals surface area (Å²) in [6.45, 7) is 10.1. The summed E-state index contributed by atoms with van der Waals surface area (Å²) in [4.78, 5) is 33.4. The Morgan fingerprint density at radius 2 is 1.70 bits per heavy atom. The number of hydrogen-bond acceptors (Lipinski definition) is 7. The van der Waals surface area contributed by atoms with Crippen LogP contribution in [0.15, 0.2) is 40.0 Å². The molecule has 2 aliphatic heterocycles. The molecule has 2 fully saturated rings. The topological polar surface area (TPSA) is 72.6 Å². The fourth-order valence-electron chi connectivity index (χ4n) is 4.87.